The van der Waals surface area contributed by atoms with Gasteiger partial charge >= 0.3 is 5.69 Å². The molecule has 0 spiro atoms. The fraction of sp³-hybridized carbons (Fsp3) is 0.426. The number of aromatic nitrogens is 3. The molecule has 3 aromatic heterocycles. The number of ether oxygens (including phenoxy) is 1. The molecule has 7 heterocycles. The Kier molecular flexibility index (Phi) is 10.4. The van der Waals surface area contributed by atoms with Gasteiger partial charge in [0.25, 0.3) is 5.91 Å². The molecule has 4 aliphatic heterocycles. The molecule has 62 heavy (non-hydrogen) atoms. The van der Waals surface area contributed by atoms with Crippen LogP contribution in [0.4, 0.5) is 17.1 Å². The maximum atomic E-state index is 13.3. The number of nitrogens with one attached hydrogen (secondary N) is 3. The summed E-state index contributed by atoms with van der Waals surface area (Å²) < 4.78 is 10.5. The lowest BCUT2D eigenvalue weighted by molar-refractivity contribution is -0.135. The van der Waals surface area contributed by atoms with Crippen molar-refractivity contribution >= 4 is 78.1 Å². The third-order valence-electron chi connectivity index (χ3n) is 13.1. The molecule has 10 rings (SSSR count). The van der Waals surface area contributed by atoms with E-state index < -0.39 is 11.9 Å². The Morgan fingerprint density at radius 1 is 0.855 bits per heavy atom. The Morgan fingerprint density at radius 3 is 2.42 bits per heavy atom. The zero-order valence-electron chi connectivity index (χ0n) is 35.7. The lowest BCUT2D eigenvalue weighted by Crippen LogP contribution is -2.49. The molecular formula is C47H53N9O5S. The average molecular weight is 856 g/mol. The zero-order valence-corrected chi connectivity index (χ0v) is 36.5. The summed E-state index contributed by atoms with van der Waals surface area (Å²) in [6, 6.07) is 20.3. The van der Waals surface area contributed by atoms with Gasteiger partial charge in [-0.25, -0.2) is 9.78 Å². The molecule has 14 nitrogen and oxygen atoms in total. The Bertz CT molecular complexity index is 2810. The molecule has 4 aliphatic rings. The van der Waals surface area contributed by atoms with E-state index in [1.165, 1.54) is 11.3 Å². The number of fused-ring (bicyclic) bond motifs is 6. The first-order valence-electron chi connectivity index (χ1n) is 22.0. The average Bonchev–Trinajstić information content (AvgIpc) is 3.71. The van der Waals surface area contributed by atoms with Crippen molar-refractivity contribution in [2.45, 2.75) is 64.6 Å². The topological polar surface area (TPSA) is 146 Å². The van der Waals surface area contributed by atoms with Crippen LogP contribution in [0.15, 0.2) is 65.5 Å². The van der Waals surface area contributed by atoms with Gasteiger partial charge in [-0.2, -0.15) is 0 Å². The predicted molar refractivity (Wildman–Crippen MR) is 246 cm³/mol. The lowest BCUT2D eigenvalue weighted by Gasteiger charge is -2.40. The van der Waals surface area contributed by atoms with Crippen LogP contribution in [0.5, 0.6) is 5.75 Å². The van der Waals surface area contributed by atoms with Crippen molar-refractivity contribution in [1.29, 1.82) is 0 Å². The van der Waals surface area contributed by atoms with E-state index in [2.05, 4.69) is 99.1 Å². The summed E-state index contributed by atoms with van der Waals surface area (Å²) in [5, 5.41) is 11.1. The third-order valence-corrected chi connectivity index (χ3v) is 14.2. The highest BCUT2D eigenvalue weighted by molar-refractivity contribution is 7.21. The van der Waals surface area contributed by atoms with E-state index in [1.807, 2.05) is 13.0 Å². The number of hydrogen-bond acceptors (Lipinski definition) is 11. The van der Waals surface area contributed by atoms with Gasteiger partial charge in [0.2, 0.25) is 11.8 Å². The van der Waals surface area contributed by atoms with E-state index in [4.69, 9.17) is 9.72 Å². The number of carbonyl (C=O) groups is 3. The molecule has 3 fully saturated rings. The molecule has 3 N–H and O–H groups in total. The van der Waals surface area contributed by atoms with E-state index in [9.17, 15) is 19.2 Å². The van der Waals surface area contributed by atoms with Gasteiger partial charge in [-0.15, -0.1) is 11.3 Å². The van der Waals surface area contributed by atoms with Crippen LogP contribution in [0.1, 0.15) is 62.2 Å². The number of imidazole rings is 1. The Labute approximate surface area is 363 Å². The maximum Gasteiger partial charge on any atom is 0.329 e. The molecule has 6 aromatic rings. The second kappa shape index (κ2) is 16.1. The second-order valence-corrected chi connectivity index (χ2v) is 18.8. The van der Waals surface area contributed by atoms with Gasteiger partial charge in [-0.3, -0.25) is 33.7 Å². The highest BCUT2D eigenvalue weighted by atomic mass is 32.1. The number of anilines is 3. The van der Waals surface area contributed by atoms with Gasteiger partial charge in [0.1, 0.15) is 16.7 Å². The first-order valence-corrected chi connectivity index (χ1v) is 22.8. The number of thiophene rings is 1. The summed E-state index contributed by atoms with van der Waals surface area (Å²) >= 11 is 1.52. The number of benzene rings is 3. The highest BCUT2D eigenvalue weighted by Crippen LogP contribution is 2.42. The molecule has 322 valence electrons. The highest BCUT2D eigenvalue weighted by Gasteiger charge is 2.32. The van der Waals surface area contributed by atoms with Gasteiger partial charge in [-0.05, 0) is 101 Å². The van der Waals surface area contributed by atoms with E-state index in [0.29, 0.717) is 24.4 Å². The van der Waals surface area contributed by atoms with Crippen LogP contribution >= 0.6 is 11.3 Å². The van der Waals surface area contributed by atoms with Gasteiger partial charge < -0.3 is 25.2 Å². The van der Waals surface area contributed by atoms with Crippen molar-refractivity contribution in [2.75, 3.05) is 67.5 Å². The maximum absolute atomic E-state index is 13.3. The number of imide groups is 1. The summed E-state index contributed by atoms with van der Waals surface area (Å²) in [6.45, 7) is 13.6. The SMILES string of the molecule is CC(C)Oc1cc(-c2ccc3c(ccc4sc5c(c43)NC[C@@H](C)NC5=O)n2)cc(N2CCN(CC3CCN(c4ccc5c(c4)n(C)c(=O)n5C4CCC(=O)NC4=O)CC3)CC2)c1. The number of nitrogens with zero attached hydrogens (tertiary/aromatic N) is 6. The van der Waals surface area contributed by atoms with Crippen LogP contribution < -0.4 is 36.2 Å². The van der Waals surface area contributed by atoms with Crippen LogP contribution in [-0.4, -0.2) is 101 Å². The molecule has 3 amide bonds. The molecule has 15 heteroatoms. The van der Waals surface area contributed by atoms with Crippen molar-refractivity contribution in [2.24, 2.45) is 13.0 Å². The van der Waals surface area contributed by atoms with Gasteiger partial charge in [0, 0.05) is 110 Å². The fourth-order valence-corrected chi connectivity index (χ4v) is 10.9. The smallest absolute Gasteiger partial charge is 0.329 e. The molecule has 1 unspecified atom stereocenters. The van der Waals surface area contributed by atoms with E-state index >= 15 is 0 Å². The van der Waals surface area contributed by atoms with Crippen molar-refractivity contribution in [3.63, 3.8) is 0 Å². The molecule has 0 aliphatic carbocycles. The minimum atomic E-state index is -0.688. The lowest BCUT2D eigenvalue weighted by atomic mass is 9.95. The molecular weight excluding hydrogens is 803 g/mol. The number of piperazine rings is 1. The van der Waals surface area contributed by atoms with Crippen LogP contribution in [0.25, 0.3) is 43.3 Å². The first kappa shape index (κ1) is 40.2. The number of piperidine rings is 2. The van der Waals surface area contributed by atoms with Gasteiger partial charge in [0.15, 0.2) is 0 Å². The molecule has 0 bridgehead atoms. The van der Waals surface area contributed by atoms with E-state index in [1.54, 1.807) is 16.2 Å². The van der Waals surface area contributed by atoms with Crippen molar-refractivity contribution in [3.05, 3.63) is 76.0 Å². The predicted octanol–water partition coefficient (Wildman–Crippen LogP) is 6.12. The van der Waals surface area contributed by atoms with Crippen molar-refractivity contribution in [1.82, 2.24) is 29.7 Å². The Morgan fingerprint density at radius 2 is 1.65 bits per heavy atom. The van der Waals surface area contributed by atoms with Crippen molar-refractivity contribution < 1.29 is 19.1 Å². The largest absolute Gasteiger partial charge is 0.491 e. The summed E-state index contributed by atoms with van der Waals surface area (Å²) in [7, 11) is 1.75. The standard InChI is InChI=1S/C47H53N9O5S/c1-27(2)61-33-22-30(35-7-6-34-36(50-35)8-11-40-42(34)43-44(62-40)46(59)49-28(3)25-48-43)21-32(23-33)55-19-17-53(18-20-55)26-29-13-15-54(16-14-29)31-5-9-37-39(24-31)52(4)47(60)56(37)38-10-12-41(57)51-45(38)58/h5-9,11,21-24,27-29,38,48H,10,12-20,25-26H2,1-4H3,(H,49,59)(H,51,57,58)/t28-,38?/m1/s1. The monoisotopic (exact) mass is 855 g/mol. The minimum Gasteiger partial charge on any atom is -0.491 e. The van der Waals surface area contributed by atoms with E-state index in [-0.39, 0.29) is 36.1 Å². The van der Waals surface area contributed by atoms with E-state index in [0.717, 1.165) is 124 Å². The molecule has 0 radical (unpaired) electrons. The van der Waals surface area contributed by atoms with Crippen LogP contribution in [0.3, 0.4) is 0 Å². The van der Waals surface area contributed by atoms with Gasteiger partial charge in [-0.1, -0.05) is 0 Å². The van der Waals surface area contributed by atoms with Crippen LogP contribution in [0.2, 0.25) is 0 Å². The van der Waals surface area contributed by atoms with Gasteiger partial charge in [0.05, 0.1) is 34.0 Å². The number of amides is 3. The Balaban J connectivity index is 0.800. The number of carbonyl (C=O) groups excluding carboxylic acids is 3. The quantitative estimate of drug-likeness (QED) is 0.153. The second-order valence-electron chi connectivity index (χ2n) is 17.7. The summed E-state index contributed by atoms with van der Waals surface area (Å²) in [4.78, 5) is 64.1. The minimum absolute atomic E-state index is 0.0296. The summed E-state index contributed by atoms with van der Waals surface area (Å²) in [5.41, 5.74) is 7.16. The number of pyridine rings is 1. The number of aryl methyl sites for hydroxylation is 1. The summed E-state index contributed by atoms with van der Waals surface area (Å²) in [5.74, 6) is 0.698. The fourth-order valence-electron chi connectivity index (χ4n) is 9.85. The first-order chi connectivity index (χ1) is 30.0. The van der Waals surface area contributed by atoms with Crippen LogP contribution in [-0.2, 0) is 16.6 Å². The summed E-state index contributed by atoms with van der Waals surface area (Å²) in [6.07, 6.45) is 2.76. The number of rotatable bonds is 8. The number of hydrogen-bond donors (Lipinski definition) is 3. The Hall–Kier alpha value is -5.93. The molecule has 0 saturated carbocycles. The molecule has 3 aromatic carbocycles. The molecule has 2 atom stereocenters. The van der Waals surface area contributed by atoms with Crippen molar-refractivity contribution in [3.8, 4) is 17.0 Å². The molecule has 3 saturated heterocycles. The van der Waals surface area contributed by atoms with Crippen LogP contribution in [0, 0.1) is 5.92 Å². The zero-order chi connectivity index (χ0) is 42.8. The normalized spacial score (nSPS) is 20.4. The third kappa shape index (κ3) is 7.44.